The molecule has 21 heavy (non-hydrogen) atoms. The first kappa shape index (κ1) is 13.9. The zero-order valence-electron chi connectivity index (χ0n) is 11.5. The summed E-state index contributed by atoms with van der Waals surface area (Å²) < 4.78 is 5.16. The van der Waals surface area contributed by atoms with Gasteiger partial charge in [0.05, 0.1) is 17.0 Å². The molecule has 0 atom stereocenters. The topological polar surface area (TPSA) is 58.4 Å². The van der Waals surface area contributed by atoms with Crippen LogP contribution in [0.15, 0.2) is 41.3 Å². The third-order valence-electron chi connectivity index (χ3n) is 3.65. The zero-order valence-corrected chi connectivity index (χ0v) is 12.2. The number of carbonyl (C=O) groups excluding carboxylic acids is 1. The van der Waals surface area contributed by atoms with Gasteiger partial charge in [0.2, 0.25) is 0 Å². The third-order valence-corrected chi connectivity index (χ3v) is 3.95. The van der Waals surface area contributed by atoms with Crippen molar-refractivity contribution in [1.29, 1.82) is 0 Å². The molecule has 2 aromatic rings. The van der Waals surface area contributed by atoms with E-state index in [9.17, 15) is 4.79 Å². The number of aromatic nitrogens is 1. The predicted molar refractivity (Wildman–Crippen MR) is 80.5 cm³/mol. The first-order chi connectivity index (χ1) is 10.2. The van der Waals surface area contributed by atoms with E-state index in [4.69, 9.17) is 16.0 Å². The van der Waals surface area contributed by atoms with Gasteiger partial charge >= 0.3 is 0 Å². The monoisotopic (exact) mass is 305 g/mol. The van der Waals surface area contributed by atoms with Gasteiger partial charge in [-0.3, -0.25) is 9.78 Å². The lowest BCUT2D eigenvalue weighted by Crippen LogP contribution is -2.42. The molecule has 6 heteroatoms. The summed E-state index contributed by atoms with van der Waals surface area (Å²) in [4.78, 5) is 18.0. The largest absolute Gasteiger partial charge is 0.459 e. The standard InChI is InChI=1S/C15H16ClN3O2/c16-12-10-17-6-3-13(12)18-11-4-7-19(8-5-11)15(20)14-2-1-9-21-14/h1-3,6,9-11H,4-5,7-8H2,(H,17,18). The molecule has 0 unspecified atom stereocenters. The number of hydrogen-bond acceptors (Lipinski definition) is 4. The third kappa shape index (κ3) is 3.19. The molecule has 0 aromatic carbocycles. The van der Waals surface area contributed by atoms with Gasteiger partial charge in [-0.1, -0.05) is 11.6 Å². The molecular weight excluding hydrogens is 290 g/mol. The van der Waals surface area contributed by atoms with E-state index in [2.05, 4.69) is 10.3 Å². The molecule has 0 saturated carbocycles. The predicted octanol–water partition coefficient (Wildman–Crippen LogP) is 3.04. The maximum absolute atomic E-state index is 12.2. The summed E-state index contributed by atoms with van der Waals surface area (Å²) >= 11 is 6.09. The number of nitrogens with one attached hydrogen (secondary N) is 1. The van der Waals surface area contributed by atoms with Gasteiger partial charge in [-0.25, -0.2) is 0 Å². The molecule has 1 amide bonds. The van der Waals surface area contributed by atoms with Crippen molar-refractivity contribution in [2.24, 2.45) is 0 Å². The lowest BCUT2D eigenvalue weighted by molar-refractivity contribution is 0.0686. The van der Waals surface area contributed by atoms with Crippen LogP contribution in [0, 0.1) is 0 Å². The second-order valence-electron chi connectivity index (χ2n) is 5.04. The van der Waals surface area contributed by atoms with Crippen LogP contribution < -0.4 is 5.32 Å². The highest BCUT2D eigenvalue weighted by molar-refractivity contribution is 6.33. The average molecular weight is 306 g/mol. The number of hydrogen-bond donors (Lipinski definition) is 1. The van der Waals surface area contributed by atoms with Gasteiger partial charge in [0.1, 0.15) is 0 Å². The van der Waals surface area contributed by atoms with Crippen LogP contribution in [0.1, 0.15) is 23.4 Å². The number of pyridine rings is 1. The molecule has 0 radical (unpaired) electrons. The first-order valence-electron chi connectivity index (χ1n) is 6.93. The number of nitrogens with zero attached hydrogens (tertiary/aromatic N) is 2. The Hall–Kier alpha value is -2.01. The quantitative estimate of drug-likeness (QED) is 0.947. The number of piperidine rings is 1. The van der Waals surface area contributed by atoms with Gasteiger partial charge in [0.25, 0.3) is 5.91 Å². The van der Waals surface area contributed by atoms with Crippen LogP contribution >= 0.6 is 11.6 Å². The Morgan fingerprint density at radius 2 is 2.19 bits per heavy atom. The van der Waals surface area contributed by atoms with Gasteiger partial charge in [0.15, 0.2) is 5.76 Å². The molecule has 0 aliphatic carbocycles. The smallest absolute Gasteiger partial charge is 0.289 e. The summed E-state index contributed by atoms with van der Waals surface area (Å²) in [6.45, 7) is 1.42. The summed E-state index contributed by atoms with van der Waals surface area (Å²) in [5.74, 6) is 0.360. The van der Waals surface area contributed by atoms with Crippen LogP contribution in [-0.4, -0.2) is 34.9 Å². The van der Waals surface area contributed by atoms with Crippen molar-refractivity contribution in [3.63, 3.8) is 0 Å². The lowest BCUT2D eigenvalue weighted by Gasteiger charge is -2.32. The van der Waals surface area contributed by atoms with Gasteiger partial charge in [0, 0.05) is 31.5 Å². The van der Waals surface area contributed by atoms with E-state index < -0.39 is 0 Å². The second-order valence-corrected chi connectivity index (χ2v) is 5.45. The van der Waals surface area contributed by atoms with E-state index in [1.54, 1.807) is 24.5 Å². The normalized spacial score (nSPS) is 16.0. The maximum Gasteiger partial charge on any atom is 0.289 e. The van der Waals surface area contributed by atoms with Gasteiger partial charge < -0.3 is 14.6 Å². The number of likely N-dealkylation sites (tertiary alicyclic amines) is 1. The van der Waals surface area contributed by atoms with E-state index >= 15 is 0 Å². The van der Waals surface area contributed by atoms with Crippen molar-refractivity contribution in [1.82, 2.24) is 9.88 Å². The van der Waals surface area contributed by atoms with Crippen molar-refractivity contribution in [3.05, 3.63) is 47.6 Å². The van der Waals surface area contributed by atoms with Crippen molar-refractivity contribution in [2.45, 2.75) is 18.9 Å². The molecule has 2 aromatic heterocycles. The molecule has 1 aliphatic rings. The Morgan fingerprint density at radius 1 is 1.38 bits per heavy atom. The number of rotatable bonds is 3. The minimum absolute atomic E-state index is 0.0413. The summed E-state index contributed by atoms with van der Waals surface area (Å²) in [7, 11) is 0. The molecule has 110 valence electrons. The van der Waals surface area contributed by atoms with Gasteiger partial charge in [-0.15, -0.1) is 0 Å². The highest BCUT2D eigenvalue weighted by Crippen LogP contribution is 2.23. The molecule has 1 N–H and O–H groups in total. The molecule has 5 nitrogen and oxygen atoms in total. The van der Waals surface area contributed by atoms with Crippen LogP contribution in [-0.2, 0) is 0 Å². The van der Waals surface area contributed by atoms with Crippen LogP contribution in [0.25, 0.3) is 0 Å². The number of furan rings is 1. The number of amides is 1. The van der Waals surface area contributed by atoms with E-state index in [-0.39, 0.29) is 5.91 Å². The van der Waals surface area contributed by atoms with Crippen LogP contribution in [0.2, 0.25) is 5.02 Å². The van der Waals surface area contributed by atoms with Crippen molar-refractivity contribution in [2.75, 3.05) is 18.4 Å². The Kier molecular flexibility index (Phi) is 4.10. The van der Waals surface area contributed by atoms with E-state index in [0.29, 0.717) is 29.9 Å². The molecule has 3 heterocycles. The van der Waals surface area contributed by atoms with Gasteiger partial charge in [-0.2, -0.15) is 0 Å². The second kappa shape index (κ2) is 6.18. The number of carbonyl (C=O) groups is 1. The SMILES string of the molecule is O=C(c1ccco1)N1CCC(Nc2ccncc2Cl)CC1. The maximum atomic E-state index is 12.2. The summed E-state index contributed by atoms with van der Waals surface area (Å²) in [6, 6.07) is 5.60. The summed E-state index contributed by atoms with van der Waals surface area (Å²) in [6.07, 6.45) is 6.62. The Bertz CT molecular complexity index is 607. The Labute approximate surface area is 127 Å². The summed E-state index contributed by atoms with van der Waals surface area (Å²) in [5.41, 5.74) is 0.891. The number of anilines is 1. The van der Waals surface area contributed by atoms with Crippen molar-refractivity contribution < 1.29 is 9.21 Å². The Balaban J connectivity index is 1.56. The fourth-order valence-corrected chi connectivity index (χ4v) is 2.67. The van der Waals surface area contributed by atoms with E-state index in [1.165, 1.54) is 6.26 Å². The van der Waals surface area contributed by atoms with Gasteiger partial charge in [-0.05, 0) is 31.0 Å². The van der Waals surface area contributed by atoms with Crippen molar-refractivity contribution in [3.8, 4) is 0 Å². The van der Waals surface area contributed by atoms with E-state index in [1.807, 2.05) is 11.0 Å². The lowest BCUT2D eigenvalue weighted by atomic mass is 10.0. The fourth-order valence-electron chi connectivity index (χ4n) is 2.50. The van der Waals surface area contributed by atoms with Crippen molar-refractivity contribution >= 4 is 23.2 Å². The minimum Gasteiger partial charge on any atom is -0.459 e. The molecule has 0 bridgehead atoms. The molecular formula is C15H16ClN3O2. The average Bonchev–Trinajstić information content (AvgIpc) is 3.04. The Morgan fingerprint density at radius 3 is 2.86 bits per heavy atom. The molecule has 0 spiro atoms. The van der Waals surface area contributed by atoms with Crippen LogP contribution in [0.3, 0.4) is 0 Å². The zero-order chi connectivity index (χ0) is 14.7. The highest BCUT2D eigenvalue weighted by atomic mass is 35.5. The number of halogens is 1. The molecule has 3 rings (SSSR count). The molecule has 1 saturated heterocycles. The fraction of sp³-hybridized carbons (Fsp3) is 0.333. The minimum atomic E-state index is -0.0413. The molecule has 1 aliphatic heterocycles. The van der Waals surface area contributed by atoms with Crippen LogP contribution in [0.5, 0.6) is 0 Å². The molecule has 1 fully saturated rings. The van der Waals surface area contributed by atoms with Crippen LogP contribution in [0.4, 0.5) is 5.69 Å². The summed E-state index contributed by atoms with van der Waals surface area (Å²) in [5, 5.41) is 4.03. The van der Waals surface area contributed by atoms with E-state index in [0.717, 1.165) is 18.5 Å². The highest BCUT2D eigenvalue weighted by Gasteiger charge is 2.25. The first-order valence-corrected chi connectivity index (χ1v) is 7.30.